The highest BCUT2D eigenvalue weighted by atomic mass is 79.9. The van der Waals surface area contributed by atoms with Crippen molar-refractivity contribution in [3.63, 3.8) is 0 Å². The van der Waals surface area contributed by atoms with E-state index in [4.69, 9.17) is 5.73 Å². The molecule has 1 heterocycles. The summed E-state index contributed by atoms with van der Waals surface area (Å²) in [5, 5.41) is 2.91. The molecule has 0 spiro atoms. The molecule has 98 valence electrons. The zero-order valence-corrected chi connectivity index (χ0v) is 11.9. The highest BCUT2D eigenvalue weighted by Crippen LogP contribution is 2.18. The molecular weight excluding hydrogens is 294 g/mol. The van der Waals surface area contributed by atoms with E-state index in [9.17, 15) is 4.79 Å². The van der Waals surface area contributed by atoms with Crippen LogP contribution < -0.4 is 11.1 Å². The van der Waals surface area contributed by atoms with E-state index in [2.05, 4.69) is 26.1 Å². The number of nitrogens with two attached hydrogens (primary N) is 1. The van der Waals surface area contributed by atoms with Gasteiger partial charge in [0.25, 0.3) is 5.91 Å². The molecule has 0 bridgehead atoms. The van der Waals surface area contributed by atoms with Gasteiger partial charge in [0.2, 0.25) is 0 Å². The second kappa shape index (κ2) is 6.20. The maximum atomic E-state index is 11.9. The summed E-state index contributed by atoms with van der Waals surface area (Å²) in [6.07, 6.45) is 2.54. The second-order valence-electron chi connectivity index (χ2n) is 4.54. The zero-order valence-electron chi connectivity index (χ0n) is 10.3. The van der Waals surface area contributed by atoms with Gasteiger partial charge in [-0.3, -0.25) is 4.79 Å². The topological polar surface area (TPSA) is 58.4 Å². The predicted molar refractivity (Wildman–Crippen MR) is 76.6 cm³/mol. The lowest BCUT2D eigenvalue weighted by Crippen LogP contribution is -2.33. The molecule has 0 unspecified atom stereocenters. The lowest BCUT2D eigenvalue weighted by atomic mass is 10.1. The minimum Gasteiger partial charge on any atom is -0.398 e. The summed E-state index contributed by atoms with van der Waals surface area (Å²) in [6.45, 7) is 3.89. The SMILES string of the molecule is Nc1cc(Br)ccc1C(=O)NCCN1CCCC1. The number of nitrogens with zero attached hydrogens (tertiary/aromatic N) is 1. The first-order valence-electron chi connectivity index (χ1n) is 6.22. The van der Waals surface area contributed by atoms with Gasteiger partial charge in [-0.25, -0.2) is 0 Å². The van der Waals surface area contributed by atoms with Gasteiger partial charge < -0.3 is 16.0 Å². The number of hydrogen-bond acceptors (Lipinski definition) is 3. The Balaban J connectivity index is 1.83. The Morgan fingerprint density at radius 1 is 1.39 bits per heavy atom. The van der Waals surface area contributed by atoms with Crippen LogP contribution in [0.2, 0.25) is 0 Å². The number of amides is 1. The normalized spacial score (nSPS) is 15.8. The minimum atomic E-state index is -0.0980. The van der Waals surface area contributed by atoms with Gasteiger partial charge >= 0.3 is 0 Å². The fourth-order valence-corrected chi connectivity index (χ4v) is 2.55. The number of halogens is 1. The smallest absolute Gasteiger partial charge is 0.253 e. The summed E-state index contributed by atoms with van der Waals surface area (Å²) in [5.74, 6) is -0.0980. The second-order valence-corrected chi connectivity index (χ2v) is 5.45. The molecule has 18 heavy (non-hydrogen) atoms. The Morgan fingerprint density at radius 2 is 2.11 bits per heavy atom. The van der Waals surface area contributed by atoms with E-state index in [0.717, 1.165) is 24.1 Å². The van der Waals surface area contributed by atoms with Crippen LogP contribution in [0, 0.1) is 0 Å². The van der Waals surface area contributed by atoms with Crippen molar-refractivity contribution in [2.24, 2.45) is 0 Å². The number of nitrogens with one attached hydrogen (secondary N) is 1. The number of rotatable bonds is 4. The predicted octanol–water partition coefficient (Wildman–Crippen LogP) is 1.86. The summed E-state index contributed by atoms with van der Waals surface area (Å²) in [4.78, 5) is 14.3. The third kappa shape index (κ3) is 3.46. The van der Waals surface area contributed by atoms with Crippen molar-refractivity contribution < 1.29 is 4.79 Å². The van der Waals surface area contributed by atoms with Crippen LogP contribution in [-0.4, -0.2) is 37.0 Å². The average molecular weight is 312 g/mol. The van der Waals surface area contributed by atoms with Gasteiger partial charge in [-0.2, -0.15) is 0 Å². The van der Waals surface area contributed by atoms with E-state index >= 15 is 0 Å². The molecule has 1 aliphatic heterocycles. The Hall–Kier alpha value is -1.07. The summed E-state index contributed by atoms with van der Waals surface area (Å²) in [5.41, 5.74) is 6.86. The number of carbonyl (C=O) groups is 1. The molecule has 0 atom stereocenters. The number of benzene rings is 1. The molecule has 1 fully saturated rings. The Labute approximate surface area is 116 Å². The summed E-state index contributed by atoms with van der Waals surface area (Å²) >= 11 is 3.32. The van der Waals surface area contributed by atoms with Crippen molar-refractivity contribution in [1.82, 2.24) is 10.2 Å². The van der Waals surface area contributed by atoms with Crippen LogP contribution in [0.3, 0.4) is 0 Å². The molecule has 4 nitrogen and oxygen atoms in total. The quantitative estimate of drug-likeness (QED) is 0.834. The van der Waals surface area contributed by atoms with Crippen LogP contribution in [-0.2, 0) is 0 Å². The molecular formula is C13H18BrN3O. The van der Waals surface area contributed by atoms with E-state index < -0.39 is 0 Å². The molecule has 0 aliphatic carbocycles. The molecule has 2 rings (SSSR count). The molecule has 1 aromatic rings. The molecule has 3 N–H and O–H groups in total. The van der Waals surface area contributed by atoms with Crippen LogP contribution in [0.25, 0.3) is 0 Å². The standard InChI is InChI=1S/C13H18BrN3O/c14-10-3-4-11(12(15)9-10)13(18)16-5-8-17-6-1-2-7-17/h3-4,9H,1-2,5-8,15H2,(H,16,18). The zero-order chi connectivity index (χ0) is 13.0. The van der Waals surface area contributed by atoms with Gasteiger partial charge in [-0.15, -0.1) is 0 Å². The fraction of sp³-hybridized carbons (Fsp3) is 0.462. The maximum Gasteiger partial charge on any atom is 0.253 e. The Kier molecular flexibility index (Phi) is 4.60. The van der Waals surface area contributed by atoms with Crippen molar-refractivity contribution in [3.05, 3.63) is 28.2 Å². The molecule has 1 saturated heterocycles. The van der Waals surface area contributed by atoms with Gasteiger partial charge in [0.1, 0.15) is 0 Å². The lowest BCUT2D eigenvalue weighted by Gasteiger charge is -2.15. The first kappa shape index (κ1) is 13.4. The number of nitrogen functional groups attached to an aromatic ring is 1. The fourth-order valence-electron chi connectivity index (χ4n) is 2.17. The van der Waals surface area contributed by atoms with Gasteiger partial charge in [0.05, 0.1) is 5.56 Å². The molecule has 1 amide bonds. The summed E-state index contributed by atoms with van der Waals surface area (Å²) in [6, 6.07) is 5.31. The van der Waals surface area contributed by atoms with Gasteiger partial charge in [0, 0.05) is 23.2 Å². The summed E-state index contributed by atoms with van der Waals surface area (Å²) in [7, 11) is 0. The molecule has 0 saturated carbocycles. The molecule has 1 aliphatic rings. The highest BCUT2D eigenvalue weighted by Gasteiger charge is 2.12. The van der Waals surface area contributed by atoms with Crippen LogP contribution in [0.15, 0.2) is 22.7 Å². The van der Waals surface area contributed by atoms with E-state index in [-0.39, 0.29) is 5.91 Å². The van der Waals surface area contributed by atoms with E-state index in [1.165, 1.54) is 12.8 Å². The summed E-state index contributed by atoms with van der Waals surface area (Å²) < 4.78 is 0.883. The minimum absolute atomic E-state index is 0.0980. The highest BCUT2D eigenvalue weighted by molar-refractivity contribution is 9.10. The maximum absolute atomic E-state index is 11.9. The van der Waals surface area contributed by atoms with Gasteiger partial charge in [0.15, 0.2) is 0 Å². The van der Waals surface area contributed by atoms with Crippen molar-refractivity contribution in [2.45, 2.75) is 12.8 Å². The molecule has 5 heteroatoms. The Morgan fingerprint density at radius 3 is 2.78 bits per heavy atom. The van der Waals surface area contributed by atoms with Crippen molar-refractivity contribution in [3.8, 4) is 0 Å². The van der Waals surface area contributed by atoms with Gasteiger partial charge in [-0.1, -0.05) is 15.9 Å². The monoisotopic (exact) mass is 311 g/mol. The lowest BCUT2D eigenvalue weighted by molar-refractivity contribution is 0.0950. The molecule has 0 aromatic heterocycles. The number of carbonyl (C=O) groups excluding carboxylic acids is 1. The Bertz CT molecular complexity index is 430. The van der Waals surface area contributed by atoms with Crippen molar-refractivity contribution >= 4 is 27.5 Å². The first-order chi connectivity index (χ1) is 8.66. The van der Waals surface area contributed by atoms with Crippen molar-refractivity contribution in [2.75, 3.05) is 31.9 Å². The number of hydrogen-bond donors (Lipinski definition) is 2. The van der Waals surface area contributed by atoms with Crippen LogP contribution in [0.1, 0.15) is 23.2 Å². The molecule has 0 radical (unpaired) electrons. The van der Waals surface area contributed by atoms with E-state index in [1.54, 1.807) is 12.1 Å². The third-order valence-electron chi connectivity index (χ3n) is 3.17. The number of anilines is 1. The molecule has 1 aromatic carbocycles. The van der Waals surface area contributed by atoms with Crippen molar-refractivity contribution in [1.29, 1.82) is 0 Å². The largest absolute Gasteiger partial charge is 0.398 e. The third-order valence-corrected chi connectivity index (χ3v) is 3.66. The van der Waals surface area contributed by atoms with E-state index in [1.807, 2.05) is 6.07 Å². The average Bonchev–Trinajstić information content (AvgIpc) is 2.81. The van der Waals surface area contributed by atoms with Gasteiger partial charge in [-0.05, 0) is 44.1 Å². The number of likely N-dealkylation sites (tertiary alicyclic amines) is 1. The first-order valence-corrected chi connectivity index (χ1v) is 7.02. The van der Waals surface area contributed by atoms with E-state index in [0.29, 0.717) is 17.8 Å². The van der Waals surface area contributed by atoms with Crippen LogP contribution in [0.4, 0.5) is 5.69 Å². The van der Waals surface area contributed by atoms with Crippen LogP contribution >= 0.6 is 15.9 Å². The van der Waals surface area contributed by atoms with Crippen LogP contribution in [0.5, 0.6) is 0 Å².